The zero-order valence-electron chi connectivity index (χ0n) is 12.6. The van der Waals surface area contributed by atoms with E-state index in [1.165, 1.54) is 0 Å². The van der Waals surface area contributed by atoms with Crippen molar-refractivity contribution < 1.29 is 18.0 Å². The molecule has 2 rings (SSSR count). The number of para-hydroxylation sites is 1. The third-order valence-electron chi connectivity index (χ3n) is 3.10. The number of carbonyl (C=O) groups is 1. The maximum absolute atomic E-state index is 12.1. The van der Waals surface area contributed by atoms with E-state index in [1.54, 1.807) is 19.3 Å². The molecular weight excluding hydrogens is 327 g/mol. The molecule has 1 heterocycles. The predicted octanol–water partition coefficient (Wildman–Crippen LogP) is 3.34. The van der Waals surface area contributed by atoms with Gasteiger partial charge >= 0.3 is 6.18 Å². The van der Waals surface area contributed by atoms with Gasteiger partial charge in [0, 0.05) is 12.4 Å². The second-order valence-corrected chi connectivity index (χ2v) is 6.27. The van der Waals surface area contributed by atoms with Crippen LogP contribution in [0.3, 0.4) is 0 Å². The number of halogens is 3. The average molecular weight is 343 g/mol. The van der Waals surface area contributed by atoms with Gasteiger partial charge in [0.05, 0.1) is 10.9 Å². The van der Waals surface area contributed by atoms with Gasteiger partial charge in [-0.3, -0.25) is 9.36 Å². The second kappa shape index (κ2) is 7.08. The molecule has 1 unspecified atom stereocenters. The molecule has 0 saturated carbocycles. The Morgan fingerprint density at radius 1 is 1.39 bits per heavy atom. The molecule has 0 radical (unpaired) electrons. The summed E-state index contributed by atoms with van der Waals surface area (Å²) in [6.45, 7) is 2.17. The number of rotatable bonds is 5. The number of carbonyl (C=O) groups excluding carboxylic acids is 1. The van der Waals surface area contributed by atoms with Crippen LogP contribution in [0.15, 0.2) is 41.8 Å². The Morgan fingerprint density at radius 2 is 2.09 bits per heavy atom. The largest absolute Gasteiger partial charge is 0.405 e. The Labute approximate surface area is 136 Å². The Bertz CT molecular complexity index is 685. The fraction of sp³-hybridized carbons (Fsp3) is 0.333. The van der Waals surface area contributed by atoms with E-state index in [4.69, 9.17) is 0 Å². The lowest BCUT2D eigenvalue weighted by atomic mass is 10.2. The number of nitrogens with zero attached hydrogens (tertiary/aromatic N) is 2. The minimum absolute atomic E-state index is 0.550. The molecule has 4 nitrogen and oxygen atoms in total. The monoisotopic (exact) mass is 343 g/mol. The van der Waals surface area contributed by atoms with Crippen LogP contribution < -0.4 is 5.32 Å². The minimum Gasteiger partial charge on any atom is -0.346 e. The van der Waals surface area contributed by atoms with Crippen molar-refractivity contribution >= 4 is 17.7 Å². The number of thioether (sulfide) groups is 1. The molecular formula is C15H16F3N3OS. The van der Waals surface area contributed by atoms with Crippen molar-refractivity contribution in [3.05, 3.63) is 42.2 Å². The van der Waals surface area contributed by atoms with Crippen molar-refractivity contribution in [2.45, 2.75) is 30.4 Å². The molecule has 1 atom stereocenters. The first kappa shape index (κ1) is 17.4. The highest BCUT2D eigenvalue weighted by Crippen LogP contribution is 2.26. The van der Waals surface area contributed by atoms with Crippen LogP contribution in [0.1, 0.15) is 12.5 Å². The summed E-state index contributed by atoms with van der Waals surface area (Å²) >= 11 is 1.11. The van der Waals surface area contributed by atoms with Crippen LogP contribution in [-0.2, 0) is 4.79 Å². The molecule has 1 aromatic heterocycles. The first-order valence-electron chi connectivity index (χ1n) is 6.88. The molecule has 2 aromatic rings. The van der Waals surface area contributed by atoms with Crippen LogP contribution in [0.25, 0.3) is 5.69 Å². The van der Waals surface area contributed by atoms with E-state index in [0.717, 1.165) is 23.0 Å². The van der Waals surface area contributed by atoms with Gasteiger partial charge in [-0.05, 0) is 25.5 Å². The van der Waals surface area contributed by atoms with Crippen molar-refractivity contribution in [2.75, 3.05) is 6.54 Å². The van der Waals surface area contributed by atoms with Crippen LogP contribution >= 0.6 is 11.8 Å². The van der Waals surface area contributed by atoms with Crippen molar-refractivity contribution in [1.29, 1.82) is 0 Å². The maximum atomic E-state index is 12.1. The Hall–Kier alpha value is -1.96. The van der Waals surface area contributed by atoms with Crippen molar-refractivity contribution in [2.24, 2.45) is 0 Å². The summed E-state index contributed by atoms with van der Waals surface area (Å²) in [5.74, 6) is -0.674. The topological polar surface area (TPSA) is 46.9 Å². The van der Waals surface area contributed by atoms with Crippen LogP contribution in [0.4, 0.5) is 13.2 Å². The van der Waals surface area contributed by atoms with Gasteiger partial charge in [0.25, 0.3) is 0 Å². The van der Waals surface area contributed by atoms with E-state index in [2.05, 4.69) is 4.98 Å². The Morgan fingerprint density at radius 3 is 2.74 bits per heavy atom. The summed E-state index contributed by atoms with van der Waals surface area (Å²) in [6.07, 6.45) is -1.07. The van der Waals surface area contributed by atoms with Gasteiger partial charge in [-0.2, -0.15) is 13.2 Å². The van der Waals surface area contributed by atoms with Gasteiger partial charge < -0.3 is 5.32 Å². The first-order valence-corrected chi connectivity index (χ1v) is 7.76. The van der Waals surface area contributed by atoms with Gasteiger partial charge in [-0.1, -0.05) is 30.0 Å². The van der Waals surface area contributed by atoms with Gasteiger partial charge in [0.15, 0.2) is 5.16 Å². The summed E-state index contributed by atoms with van der Waals surface area (Å²) in [5, 5.41) is 1.74. The average Bonchev–Trinajstić information content (AvgIpc) is 2.92. The number of aromatic nitrogens is 2. The molecule has 0 aliphatic rings. The summed E-state index contributed by atoms with van der Waals surface area (Å²) in [5.41, 5.74) is 1.94. The highest BCUT2D eigenvalue weighted by atomic mass is 32.2. The summed E-state index contributed by atoms with van der Waals surface area (Å²) in [6, 6.07) is 7.66. The third-order valence-corrected chi connectivity index (χ3v) is 4.18. The lowest BCUT2D eigenvalue weighted by Gasteiger charge is -2.15. The normalized spacial score (nSPS) is 12.9. The number of hydrogen-bond donors (Lipinski definition) is 1. The van der Waals surface area contributed by atoms with Gasteiger partial charge in [0.1, 0.15) is 6.54 Å². The Balaban J connectivity index is 2.08. The standard InChI is InChI=1S/C15H16F3N3OS/c1-10-5-3-4-6-12(10)21-8-7-19-14(21)23-11(2)13(22)20-9-15(16,17)18/h3-8,11H,9H2,1-2H3,(H,20,22). The SMILES string of the molecule is Cc1ccccc1-n1ccnc1SC(C)C(=O)NCC(F)(F)F. The summed E-state index contributed by atoms with van der Waals surface area (Å²) < 4.78 is 38.3. The van der Waals surface area contributed by atoms with Crippen molar-refractivity contribution in [3.8, 4) is 5.69 Å². The van der Waals surface area contributed by atoms with Crippen LogP contribution in [0.2, 0.25) is 0 Å². The fourth-order valence-corrected chi connectivity index (χ4v) is 2.84. The first-order chi connectivity index (χ1) is 10.8. The highest BCUT2D eigenvalue weighted by Gasteiger charge is 2.29. The van der Waals surface area contributed by atoms with E-state index in [1.807, 2.05) is 41.1 Å². The zero-order valence-corrected chi connectivity index (χ0v) is 13.4. The quantitative estimate of drug-likeness (QED) is 0.847. The highest BCUT2D eigenvalue weighted by molar-refractivity contribution is 8.00. The molecule has 0 bridgehead atoms. The van der Waals surface area contributed by atoms with E-state index in [9.17, 15) is 18.0 Å². The molecule has 0 fully saturated rings. The number of alkyl halides is 3. The molecule has 0 spiro atoms. The van der Waals surface area contributed by atoms with Crippen molar-refractivity contribution in [3.63, 3.8) is 0 Å². The molecule has 1 aromatic carbocycles. The third kappa shape index (κ3) is 4.75. The molecule has 8 heteroatoms. The predicted molar refractivity (Wildman–Crippen MR) is 82.7 cm³/mol. The summed E-state index contributed by atoms with van der Waals surface area (Å²) in [7, 11) is 0. The lowest BCUT2D eigenvalue weighted by Crippen LogP contribution is -2.38. The fourth-order valence-electron chi connectivity index (χ4n) is 1.94. The maximum Gasteiger partial charge on any atom is 0.405 e. The minimum atomic E-state index is -4.42. The van der Waals surface area contributed by atoms with Crippen LogP contribution in [0, 0.1) is 6.92 Å². The second-order valence-electron chi connectivity index (χ2n) is 4.96. The number of nitrogens with one attached hydrogen (secondary N) is 1. The van der Waals surface area contributed by atoms with Crippen LogP contribution in [0.5, 0.6) is 0 Å². The molecule has 124 valence electrons. The lowest BCUT2D eigenvalue weighted by molar-refractivity contribution is -0.137. The number of aryl methyl sites for hydroxylation is 1. The number of benzene rings is 1. The molecule has 0 aliphatic heterocycles. The molecule has 23 heavy (non-hydrogen) atoms. The molecule has 0 aliphatic carbocycles. The number of hydrogen-bond acceptors (Lipinski definition) is 3. The molecule has 1 N–H and O–H groups in total. The molecule has 0 saturated heterocycles. The number of imidazole rings is 1. The van der Waals surface area contributed by atoms with Gasteiger partial charge in [-0.25, -0.2) is 4.98 Å². The van der Waals surface area contributed by atoms with E-state index in [-0.39, 0.29) is 0 Å². The smallest absolute Gasteiger partial charge is 0.346 e. The van der Waals surface area contributed by atoms with Crippen LogP contribution in [-0.4, -0.2) is 33.4 Å². The number of amides is 1. The van der Waals surface area contributed by atoms with E-state index < -0.39 is 23.9 Å². The molecule has 1 amide bonds. The Kier molecular flexibility index (Phi) is 5.35. The summed E-state index contributed by atoms with van der Waals surface area (Å²) in [4.78, 5) is 16.0. The van der Waals surface area contributed by atoms with E-state index in [0.29, 0.717) is 5.16 Å². The van der Waals surface area contributed by atoms with Crippen molar-refractivity contribution in [1.82, 2.24) is 14.9 Å². The van der Waals surface area contributed by atoms with Gasteiger partial charge in [-0.15, -0.1) is 0 Å². The van der Waals surface area contributed by atoms with E-state index >= 15 is 0 Å². The zero-order chi connectivity index (χ0) is 17.0. The van der Waals surface area contributed by atoms with Gasteiger partial charge in [0.2, 0.25) is 5.91 Å².